The molecule has 0 aliphatic rings. The lowest BCUT2D eigenvalue weighted by atomic mass is 10.1. The molecule has 0 unspecified atom stereocenters. The number of aliphatic hydroxyl groups is 1. The van der Waals surface area contributed by atoms with Crippen molar-refractivity contribution in [1.82, 2.24) is 4.98 Å². The van der Waals surface area contributed by atoms with Crippen LogP contribution in [0.1, 0.15) is 15.9 Å². The predicted molar refractivity (Wildman–Crippen MR) is 82.1 cm³/mol. The normalized spacial score (nSPS) is 10.5. The van der Waals surface area contributed by atoms with Gasteiger partial charge in [0.15, 0.2) is 0 Å². The molecule has 104 valence electrons. The van der Waals surface area contributed by atoms with E-state index in [2.05, 4.69) is 10.3 Å². The quantitative estimate of drug-likeness (QED) is 0.774. The molecule has 4 heteroatoms. The van der Waals surface area contributed by atoms with Crippen molar-refractivity contribution in [1.29, 1.82) is 0 Å². The maximum atomic E-state index is 12.5. The maximum Gasteiger partial charge on any atom is 0.257 e. The largest absolute Gasteiger partial charge is 0.392 e. The summed E-state index contributed by atoms with van der Waals surface area (Å²) in [4.78, 5) is 16.7. The molecule has 0 bridgehead atoms. The number of para-hydroxylation sites is 2. The van der Waals surface area contributed by atoms with Gasteiger partial charge >= 0.3 is 0 Å². The van der Waals surface area contributed by atoms with E-state index in [9.17, 15) is 9.90 Å². The fourth-order valence-corrected chi connectivity index (χ4v) is 2.26. The van der Waals surface area contributed by atoms with Crippen molar-refractivity contribution in [2.45, 2.75) is 6.61 Å². The van der Waals surface area contributed by atoms with E-state index < -0.39 is 0 Å². The van der Waals surface area contributed by atoms with E-state index in [4.69, 9.17) is 0 Å². The molecule has 0 atom stereocenters. The molecule has 2 aromatic carbocycles. The molecule has 0 saturated carbocycles. The number of aliphatic hydroxyl groups excluding tert-OH is 1. The Morgan fingerprint density at radius 1 is 1.05 bits per heavy atom. The molecular formula is C17H14N2O2. The Morgan fingerprint density at radius 3 is 2.71 bits per heavy atom. The molecule has 1 aromatic heterocycles. The Labute approximate surface area is 122 Å². The number of hydrogen-bond acceptors (Lipinski definition) is 3. The van der Waals surface area contributed by atoms with Gasteiger partial charge in [0.05, 0.1) is 17.7 Å². The first-order chi connectivity index (χ1) is 10.3. The Kier molecular flexibility index (Phi) is 3.62. The lowest BCUT2D eigenvalue weighted by molar-refractivity contribution is 0.102. The van der Waals surface area contributed by atoms with Crippen LogP contribution in [0, 0.1) is 0 Å². The Balaban J connectivity index is 1.98. The molecule has 0 fully saturated rings. The van der Waals surface area contributed by atoms with Gasteiger partial charge in [-0.2, -0.15) is 0 Å². The van der Waals surface area contributed by atoms with Crippen molar-refractivity contribution in [3.05, 3.63) is 71.9 Å². The number of anilines is 1. The van der Waals surface area contributed by atoms with Gasteiger partial charge in [0.25, 0.3) is 5.91 Å². The van der Waals surface area contributed by atoms with E-state index >= 15 is 0 Å². The van der Waals surface area contributed by atoms with E-state index in [-0.39, 0.29) is 12.5 Å². The molecule has 3 aromatic rings. The molecule has 0 saturated heterocycles. The molecule has 21 heavy (non-hydrogen) atoms. The summed E-state index contributed by atoms with van der Waals surface area (Å²) in [7, 11) is 0. The van der Waals surface area contributed by atoms with Gasteiger partial charge in [-0.05, 0) is 18.2 Å². The summed E-state index contributed by atoms with van der Waals surface area (Å²) in [6, 6.07) is 16.4. The second kappa shape index (κ2) is 5.73. The molecular weight excluding hydrogens is 264 g/mol. The lowest BCUT2D eigenvalue weighted by Gasteiger charge is -2.10. The zero-order chi connectivity index (χ0) is 14.7. The minimum atomic E-state index is -0.236. The third-order valence-electron chi connectivity index (χ3n) is 3.31. The molecule has 2 N–H and O–H groups in total. The average Bonchev–Trinajstić information content (AvgIpc) is 2.54. The number of carbonyl (C=O) groups excluding carboxylic acids is 1. The van der Waals surface area contributed by atoms with Crippen LogP contribution >= 0.6 is 0 Å². The highest BCUT2D eigenvalue weighted by Gasteiger charge is 2.12. The molecule has 1 heterocycles. The maximum absolute atomic E-state index is 12.5. The topological polar surface area (TPSA) is 62.2 Å². The van der Waals surface area contributed by atoms with Gasteiger partial charge in [0, 0.05) is 22.8 Å². The Hall–Kier alpha value is -2.72. The third-order valence-corrected chi connectivity index (χ3v) is 3.31. The van der Waals surface area contributed by atoms with E-state index in [1.54, 1.807) is 24.4 Å². The molecule has 0 aliphatic carbocycles. The van der Waals surface area contributed by atoms with Crippen LogP contribution in [0.15, 0.2) is 60.8 Å². The lowest BCUT2D eigenvalue weighted by Crippen LogP contribution is -2.14. The summed E-state index contributed by atoms with van der Waals surface area (Å²) in [5.74, 6) is -0.236. The molecule has 0 spiro atoms. The van der Waals surface area contributed by atoms with Gasteiger partial charge in [-0.25, -0.2) is 0 Å². The fourth-order valence-electron chi connectivity index (χ4n) is 2.26. The number of nitrogens with zero attached hydrogens (tertiary/aromatic N) is 1. The highest BCUT2D eigenvalue weighted by molar-refractivity contribution is 6.12. The smallest absolute Gasteiger partial charge is 0.257 e. The van der Waals surface area contributed by atoms with Crippen LogP contribution in [0.5, 0.6) is 0 Å². The van der Waals surface area contributed by atoms with Crippen molar-refractivity contribution < 1.29 is 9.90 Å². The highest BCUT2D eigenvalue weighted by Crippen LogP contribution is 2.19. The first kappa shape index (κ1) is 13.3. The number of carbonyl (C=O) groups is 1. The monoisotopic (exact) mass is 278 g/mol. The number of rotatable bonds is 3. The van der Waals surface area contributed by atoms with Gasteiger partial charge in [-0.15, -0.1) is 0 Å². The minimum Gasteiger partial charge on any atom is -0.392 e. The summed E-state index contributed by atoms with van der Waals surface area (Å²) in [5.41, 5.74) is 2.47. The Bertz CT molecular complexity index is 794. The van der Waals surface area contributed by atoms with Crippen LogP contribution < -0.4 is 5.32 Å². The third kappa shape index (κ3) is 2.61. The zero-order valence-corrected chi connectivity index (χ0v) is 11.3. The van der Waals surface area contributed by atoms with Crippen LogP contribution in [-0.4, -0.2) is 16.0 Å². The average molecular weight is 278 g/mol. The van der Waals surface area contributed by atoms with Crippen LogP contribution in [-0.2, 0) is 6.61 Å². The van der Waals surface area contributed by atoms with Crippen molar-refractivity contribution in [2.75, 3.05) is 5.32 Å². The minimum absolute atomic E-state index is 0.121. The van der Waals surface area contributed by atoms with Gasteiger partial charge < -0.3 is 10.4 Å². The van der Waals surface area contributed by atoms with Gasteiger partial charge in [0.1, 0.15) is 0 Å². The van der Waals surface area contributed by atoms with Gasteiger partial charge in [0.2, 0.25) is 0 Å². The second-order valence-electron chi connectivity index (χ2n) is 4.65. The van der Waals surface area contributed by atoms with Crippen molar-refractivity contribution in [2.24, 2.45) is 0 Å². The first-order valence-electron chi connectivity index (χ1n) is 6.63. The number of hydrogen-bond donors (Lipinski definition) is 2. The van der Waals surface area contributed by atoms with Crippen LogP contribution in [0.3, 0.4) is 0 Å². The number of amides is 1. The number of pyridine rings is 1. The summed E-state index contributed by atoms with van der Waals surface area (Å²) < 4.78 is 0. The zero-order valence-electron chi connectivity index (χ0n) is 11.3. The van der Waals surface area contributed by atoms with Crippen LogP contribution in [0.4, 0.5) is 5.69 Å². The SMILES string of the molecule is O=C(Nc1ccccc1CO)c1cccc2cccnc12. The standard InChI is InChI=1S/C17H14N2O2/c20-11-13-5-1-2-9-15(13)19-17(21)14-8-3-6-12-7-4-10-18-16(12)14/h1-10,20H,11H2,(H,19,21). The number of aromatic nitrogens is 1. The summed E-state index contributed by atoms with van der Waals surface area (Å²) in [6.45, 7) is -0.121. The number of fused-ring (bicyclic) bond motifs is 1. The number of nitrogens with one attached hydrogen (secondary N) is 1. The van der Waals surface area contributed by atoms with Gasteiger partial charge in [-0.1, -0.05) is 36.4 Å². The van der Waals surface area contributed by atoms with Crippen molar-refractivity contribution in [3.63, 3.8) is 0 Å². The first-order valence-corrected chi connectivity index (χ1v) is 6.63. The summed E-state index contributed by atoms with van der Waals surface area (Å²) >= 11 is 0. The van der Waals surface area contributed by atoms with Crippen LogP contribution in [0.25, 0.3) is 10.9 Å². The van der Waals surface area contributed by atoms with E-state index in [1.807, 2.05) is 36.4 Å². The van der Waals surface area contributed by atoms with Crippen molar-refractivity contribution in [3.8, 4) is 0 Å². The van der Waals surface area contributed by atoms with E-state index in [1.165, 1.54) is 0 Å². The molecule has 4 nitrogen and oxygen atoms in total. The van der Waals surface area contributed by atoms with E-state index in [0.29, 0.717) is 22.3 Å². The summed E-state index contributed by atoms with van der Waals surface area (Å²) in [6.07, 6.45) is 1.67. The molecule has 3 rings (SSSR count). The van der Waals surface area contributed by atoms with Crippen LogP contribution in [0.2, 0.25) is 0 Å². The highest BCUT2D eigenvalue weighted by atomic mass is 16.3. The second-order valence-corrected chi connectivity index (χ2v) is 4.65. The summed E-state index contributed by atoms with van der Waals surface area (Å²) in [5, 5.41) is 13.1. The Morgan fingerprint density at radius 2 is 1.86 bits per heavy atom. The predicted octanol–water partition coefficient (Wildman–Crippen LogP) is 2.98. The molecule has 0 radical (unpaired) electrons. The molecule has 1 amide bonds. The number of benzene rings is 2. The fraction of sp³-hybridized carbons (Fsp3) is 0.0588. The van der Waals surface area contributed by atoms with E-state index in [0.717, 1.165) is 5.39 Å². The van der Waals surface area contributed by atoms with Crippen molar-refractivity contribution >= 4 is 22.5 Å². The molecule has 0 aliphatic heterocycles. The van der Waals surface area contributed by atoms with Gasteiger partial charge in [-0.3, -0.25) is 9.78 Å².